The maximum absolute atomic E-state index is 13.1. The lowest BCUT2D eigenvalue weighted by Crippen LogP contribution is -2.21. The molecule has 2 aromatic rings. The van der Waals surface area contributed by atoms with Crippen molar-refractivity contribution in [2.45, 2.75) is 32.1 Å². The number of hydrogen-bond acceptors (Lipinski definition) is 2. The molecule has 1 aliphatic carbocycles. The molecule has 2 aromatic carbocycles. The van der Waals surface area contributed by atoms with Crippen molar-refractivity contribution in [2.75, 3.05) is 0 Å². The van der Waals surface area contributed by atoms with Crippen LogP contribution in [0.3, 0.4) is 0 Å². The van der Waals surface area contributed by atoms with E-state index in [4.69, 9.17) is 0 Å². The predicted molar refractivity (Wildman–Crippen MR) is 83.2 cm³/mol. The van der Waals surface area contributed by atoms with E-state index in [0.29, 0.717) is 12.8 Å². The summed E-state index contributed by atoms with van der Waals surface area (Å²) >= 11 is 0. The number of Topliss-reactive ketones (excluding diaryl/α,β-unsaturated/α-hetero) is 2. The van der Waals surface area contributed by atoms with Crippen LogP contribution in [0.5, 0.6) is 0 Å². The number of aryl methyl sites for hydroxylation is 1. The van der Waals surface area contributed by atoms with Gasteiger partial charge in [0.05, 0.1) is 6.42 Å². The standard InChI is InChI=1S/C19H17FO2/c1-12-6-14(13-2-4-17(20)5-3-13)8-15(7-12)16-9-18(21)11-19(22)10-16/h2-8,16H,9-11H2,1H3. The Labute approximate surface area is 129 Å². The first kappa shape index (κ1) is 14.6. The number of hydrogen-bond donors (Lipinski definition) is 0. The van der Waals surface area contributed by atoms with Gasteiger partial charge in [0.15, 0.2) is 0 Å². The first-order chi connectivity index (χ1) is 10.5. The van der Waals surface area contributed by atoms with Crippen LogP contribution in [0.4, 0.5) is 4.39 Å². The molecule has 1 aliphatic rings. The van der Waals surface area contributed by atoms with Crippen LogP contribution in [0.1, 0.15) is 36.3 Å². The average Bonchev–Trinajstić information content (AvgIpc) is 2.46. The molecule has 0 unspecified atom stereocenters. The fourth-order valence-corrected chi connectivity index (χ4v) is 3.08. The van der Waals surface area contributed by atoms with E-state index >= 15 is 0 Å². The van der Waals surface area contributed by atoms with Crippen molar-refractivity contribution >= 4 is 11.6 Å². The number of carbonyl (C=O) groups excluding carboxylic acids is 2. The normalized spacial score (nSPS) is 16.1. The molecule has 0 aliphatic heterocycles. The first-order valence-electron chi connectivity index (χ1n) is 7.42. The molecular weight excluding hydrogens is 279 g/mol. The van der Waals surface area contributed by atoms with Crippen LogP contribution >= 0.6 is 0 Å². The molecule has 0 spiro atoms. The summed E-state index contributed by atoms with van der Waals surface area (Å²) in [4.78, 5) is 23.3. The smallest absolute Gasteiger partial charge is 0.140 e. The SMILES string of the molecule is Cc1cc(-c2ccc(F)cc2)cc(C2CC(=O)CC(=O)C2)c1. The molecule has 0 radical (unpaired) electrons. The number of benzene rings is 2. The third-order valence-corrected chi connectivity index (χ3v) is 4.09. The Bertz CT molecular complexity index is 716. The fraction of sp³-hybridized carbons (Fsp3) is 0.263. The summed E-state index contributed by atoms with van der Waals surface area (Å²) in [6.45, 7) is 1.99. The number of halogens is 1. The Morgan fingerprint density at radius 1 is 0.909 bits per heavy atom. The van der Waals surface area contributed by atoms with E-state index in [9.17, 15) is 14.0 Å². The Kier molecular flexibility index (Phi) is 3.88. The molecule has 1 fully saturated rings. The van der Waals surface area contributed by atoms with Gasteiger partial charge in [-0.2, -0.15) is 0 Å². The first-order valence-corrected chi connectivity index (χ1v) is 7.42. The van der Waals surface area contributed by atoms with Gasteiger partial charge in [-0.1, -0.05) is 35.9 Å². The van der Waals surface area contributed by atoms with Crippen LogP contribution in [-0.4, -0.2) is 11.6 Å². The summed E-state index contributed by atoms with van der Waals surface area (Å²) in [6, 6.07) is 12.4. The highest BCUT2D eigenvalue weighted by atomic mass is 19.1. The highest BCUT2D eigenvalue weighted by Crippen LogP contribution is 2.33. The van der Waals surface area contributed by atoms with Crippen molar-refractivity contribution in [2.24, 2.45) is 0 Å². The van der Waals surface area contributed by atoms with E-state index < -0.39 is 0 Å². The largest absolute Gasteiger partial charge is 0.299 e. The van der Waals surface area contributed by atoms with Gasteiger partial charge in [-0.05, 0) is 41.7 Å². The van der Waals surface area contributed by atoms with Crippen molar-refractivity contribution in [1.29, 1.82) is 0 Å². The minimum absolute atomic E-state index is 0.0195. The van der Waals surface area contributed by atoms with Crippen LogP contribution in [0, 0.1) is 12.7 Å². The molecule has 0 saturated heterocycles. The van der Waals surface area contributed by atoms with Crippen molar-refractivity contribution in [1.82, 2.24) is 0 Å². The lowest BCUT2D eigenvalue weighted by molar-refractivity contribution is -0.130. The zero-order chi connectivity index (χ0) is 15.7. The second kappa shape index (κ2) is 5.84. The highest BCUT2D eigenvalue weighted by Gasteiger charge is 2.26. The molecule has 3 rings (SSSR count). The second-order valence-electron chi connectivity index (χ2n) is 6.00. The fourth-order valence-electron chi connectivity index (χ4n) is 3.08. The third kappa shape index (κ3) is 3.14. The van der Waals surface area contributed by atoms with Crippen molar-refractivity contribution in [3.8, 4) is 11.1 Å². The number of rotatable bonds is 2. The van der Waals surface area contributed by atoms with Crippen LogP contribution in [0.2, 0.25) is 0 Å². The lowest BCUT2D eigenvalue weighted by atomic mass is 9.81. The molecular formula is C19H17FO2. The molecule has 0 aromatic heterocycles. The topological polar surface area (TPSA) is 34.1 Å². The zero-order valence-electron chi connectivity index (χ0n) is 12.4. The number of ketones is 2. The van der Waals surface area contributed by atoms with Gasteiger partial charge >= 0.3 is 0 Å². The van der Waals surface area contributed by atoms with E-state index in [1.165, 1.54) is 12.1 Å². The van der Waals surface area contributed by atoms with Crippen LogP contribution in [-0.2, 0) is 9.59 Å². The second-order valence-corrected chi connectivity index (χ2v) is 6.00. The molecule has 3 heteroatoms. The third-order valence-electron chi connectivity index (χ3n) is 4.09. The summed E-state index contributed by atoms with van der Waals surface area (Å²) in [7, 11) is 0. The number of carbonyl (C=O) groups is 2. The summed E-state index contributed by atoms with van der Waals surface area (Å²) in [5, 5.41) is 0. The molecule has 0 N–H and O–H groups in total. The van der Waals surface area contributed by atoms with Crippen LogP contribution in [0.15, 0.2) is 42.5 Å². The molecule has 2 nitrogen and oxygen atoms in total. The van der Waals surface area contributed by atoms with E-state index in [0.717, 1.165) is 22.3 Å². The minimum Gasteiger partial charge on any atom is -0.299 e. The van der Waals surface area contributed by atoms with Crippen molar-refractivity contribution in [3.05, 3.63) is 59.4 Å². The quantitative estimate of drug-likeness (QED) is 0.778. The van der Waals surface area contributed by atoms with E-state index in [2.05, 4.69) is 0 Å². The Morgan fingerprint density at radius 3 is 2.18 bits per heavy atom. The Morgan fingerprint density at radius 2 is 1.55 bits per heavy atom. The molecule has 112 valence electrons. The molecule has 0 bridgehead atoms. The van der Waals surface area contributed by atoms with Gasteiger partial charge in [-0.3, -0.25) is 9.59 Å². The Balaban J connectivity index is 1.97. The summed E-state index contributed by atoms with van der Waals surface area (Å²) in [6.07, 6.45) is 0.934. The van der Waals surface area contributed by atoms with Gasteiger partial charge in [-0.25, -0.2) is 4.39 Å². The van der Waals surface area contributed by atoms with Gasteiger partial charge in [0.1, 0.15) is 17.4 Å². The lowest BCUT2D eigenvalue weighted by Gasteiger charge is -2.21. The van der Waals surface area contributed by atoms with Gasteiger partial charge in [0.2, 0.25) is 0 Å². The average molecular weight is 296 g/mol. The summed E-state index contributed by atoms with van der Waals surface area (Å²) < 4.78 is 13.1. The molecule has 0 heterocycles. The van der Waals surface area contributed by atoms with E-state index in [1.54, 1.807) is 12.1 Å². The van der Waals surface area contributed by atoms with Crippen molar-refractivity contribution in [3.63, 3.8) is 0 Å². The maximum Gasteiger partial charge on any atom is 0.140 e. The minimum atomic E-state index is -0.264. The van der Waals surface area contributed by atoms with Crippen LogP contribution < -0.4 is 0 Å². The van der Waals surface area contributed by atoms with Crippen LogP contribution in [0.25, 0.3) is 11.1 Å². The predicted octanol–water partition coefficient (Wildman–Crippen LogP) is 4.21. The van der Waals surface area contributed by atoms with Gasteiger partial charge in [0.25, 0.3) is 0 Å². The maximum atomic E-state index is 13.1. The highest BCUT2D eigenvalue weighted by molar-refractivity contribution is 6.02. The molecule has 1 saturated carbocycles. The molecule has 22 heavy (non-hydrogen) atoms. The van der Waals surface area contributed by atoms with Gasteiger partial charge in [-0.15, -0.1) is 0 Å². The van der Waals surface area contributed by atoms with E-state index in [1.807, 2.05) is 25.1 Å². The van der Waals surface area contributed by atoms with E-state index in [-0.39, 0.29) is 29.7 Å². The summed E-state index contributed by atoms with van der Waals surface area (Å²) in [5.41, 5.74) is 4.00. The van der Waals surface area contributed by atoms with Gasteiger partial charge in [0, 0.05) is 12.8 Å². The van der Waals surface area contributed by atoms with Crippen molar-refractivity contribution < 1.29 is 14.0 Å². The zero-order valence-corrected chi connectivity index (χ0v) is 12.4. The summed E-state index contributed by atoms with van der Waals surface area (Å²) in [5.74, 6) is -0.259. The molecule has 0 amide bonds. The molecule has 0 atom stereocenters. The monoisotopic (exact) mass is 296 g/mol. The Hall–Kier alpha value is -2.29. The van der Waals surface area contributed by atoms with Gasteiger partial charge < -0.3 is 0 Å².